The van der Waals surface area contributed by atoms with Gasteiger partial charge in [-0.2, -0.15) is 0 Å². The molecule has 1 nitrogen and oxygen atoms in total. The van der Waals surface area contributed by atoms with Crippen LogP contribution in [-0.2, 0) is 0 Å². The number of rotatable bonds is 3. The molecule has 0 aliphatic heterocycles. The first-order valence-corrected chi connectivity index (χ1v) is 5.18. The molecular weight excluding hydrogens is 172 g/mol. The summed E-state index contributed by atoms with van der Waals surface area (Å²) in [5.74, 6) is 0.772. The van der Waals surface area contributed by atoms with Crippen LogP contribution in [0.3, 0.4) is 0 Å². The maximum Gasteiger partial charge on any atom is 0.0642 e. The van der Waals surface area contributed by atoms with Gasteiger partial charge in [-0.3, -0.25) is 0 Å². The van der Waals surface area contributed by atoms with Gasteiger partial charge in [0.2, 0.25) is 0 Å². The van der Waals surface area contributed by atoms with Crippen LogP contribution in [0.15, 0.2) is 29.8 Å². The molecule has 1 fully saturated rings. The zero-order valence-electron chi connectivity index (χ0n) is 8.53. The Morgan fingerprint density at radius 3 is 2.79 bits per heavy atom. The Bertz CT molecular complexity index is 348. The van der Waals surface area contributed by atoms with Gasteiger partial charge in [-0.25, -0.2) is 0 Å². The van der Waals surface area contributed by atoms with Gasteiger partial charge in [0.15, 0.2) is 0 Å². The summed E-state index contributed by atoms with van der Waals surface area (Å²) in [5, 5.41) is 8.97. The predicted octanol–water partition coefficient (Wildman–Crippen LogP) is 2.96. The smallest absolute Gasteiger partial charge is 0.0642 e. The zero-order valence-corrected chi connectivity index (χ0v) is 8.53. The third-order valence-corrected chi connectivity index (χ3v) is 2.66. The van der Waals surface area contributed by atoms with Crippen LogP contribution in [-0.4, -0.2) is 11.7 Å². The standard InChI is InChI=1S/C13H16O/c1-10(9-14)8-12-4-2-3-5-13(12)11-6-7-11/h2-5,8,11,14H,6-7,9H2,1H3. The van der Waals surface area contributed by atoms with E-state index in [9.17, 15) is 0 Å². The quantitative estimate of drug-likeness (QED) is 0.773. The molecule has 0 heterocycles. The normalized spacial score (nSPS) is 17.1. The van der Waals surface area contributed by atoms with Crippen molar-refractivity contribution in [2.24, 2.45) is 0 Å². The van der Waals surface area contributed by atoms with E-state index in [4.69, 9.17) is 5.11 Å². The minimum Gasteiger partial charge on any atom is -0.392 e. The van der Waals surface area contributed by atoms with Crippen LogP contribution in [0.25, 0.3) is 6.08 Å². The van der Waals surface area contributed by atoms with Gasteiger partial charge in [-0.1, -0.05) is 30.3 Å². The molecule has 1 heteroatoms. The lowest BCUT2D eigenvalue weighted by molar-refractivity contribution is 0.332. The van der Waals surface area contributed by atoms with Crippen LogP contribution in [0.2, 0.25) is 0 Å². The maximum atomic E-state index is 8.97. The first kappa shape index (κ1) is 9.47. The van der Waals surface area contributed by atoms with Gasteiger partial charge in [0.05, 0.1) is 6.61 Å². The van der Waals surface area contributed by atoms with Crippen molar-refractivity contribution in [3.05, 3.63) is 41.0 Å². The molecule has 0 aromatic heterocycles. The molecule has 0 saturated heterocycles. The molecule has 0 atom stereocenters. The largest absolute Gasteiger partial charge is 0.392 e. The van der Waals surface area contributed by atoms with Crippen molar-refractivity contribution in [2.75, 3.05) is 6.61 Å². The molecule has 1 saturated carbocycles. The Kier molecular flexibility index (Phi) is 2.69. The summed E-state index contributed by atoms with van der Waals surface area (Å²) in [6.07, 6.45) is 4.74. The van der Waals surface area contributed by atoms with E-state index >= 15 is 0 Å². The highest BCUT2D eigenvalue weighted by atomic mass is 16.3. The van der Waals surface area contributed by atoms with Gasteiger partial charge in [-0.05, 0) is 42.4 Å². The van der Waals surface area contributed by atoms with Crippen molar-refractivity contribution in [1.82, 2.24) is 0 Å². The van der Waals surface area contributed by atoms with Crippen LogP contribution in [0, 0.1) is 0 Å². The number of benzene rings is 1. The third-order valence-electron chi connectivity index (χ3n) is 2.66. The van der Waals surface area contributed by atoms with E-state index < -0.39 is 0 Å². The van der Waals surface area contributed by atoms with Gasteiger partial charge in [-0.15, -0.1) is 0 Å². The average molecular weight is 188 g/mol. The molecule has 1 aliphatic carbocycles. The molecule has 1 aliphatic rings. The second-order valence-electron chi connectivity index (χ2n) is 4.05. The Hall–Kier alpha value is -1.08. The van der Waals surface area contributed by atoms with Gasteiger partial charge in [0.25, 0.3) is 0 Å². The Morgan fingerprint density at radius 1 is 1.43 bits per heavy atom. The van der Waals surface area contributed by atoms with Gasteiger partial charge in [0, 0.05) is 0 Å². The molecule has 14 heavy (non-hydrogen) atoms. The van der Waals surface area contributed by atoms with Crippen LogP contribution in [0.1, 0.15) is 36.8 Å². The summed E-state index contributed by atoms with van der Waals surface area (Å²) in [6.45, 7) is 2.11. The van der Waals surface area contributed by atoms with Crippen LogP contribution in [0.4, 0.5) is 0 Å². The lowest BCUT2D eigenvalue weighted by atomic mass is 10.0. The highest BCUT2D eigenvalue weighted by molar-refractivity contribution is 5.58. The van der Waals surface area contributed by atoms with E-state index in [1.807, 2.05) is 6.92 Å². The van der Waals surface area contributed by atoms with Crippen molar-refractivity contribution in [3.63, 3.8) is 0 Å². The Morgan fingerprint density at radius 2 is 2.14 bits per heavy atom. The zero-order chi connectivity index (χ0) is 9.97. The maximum absolute atomic E-state index is 8.97. The van der Waals surface area contributed by atoms with Crippen LogP contribution in [0.5, 0.6) is 0 Å². The molecule has 2 rings (SSSR count). The molecule has 1 aromatic rings. The number of aliphatic hydroxyl groups excluding tert-OH is 1. The minimum absolute atomic E-state index is 0.152. The summed E-state index contributed by atoms with van der Waals surface area (Å²) in [5.41, 5.74) is 3.75. The monoisotopic (exact) mass is 188 g/mol. The Labute approximate surface area is 85.1 Å². The van der Waals surface area contributed by atoms with Gasteiger partial charge >= 0.3 is 0 Å². The summed E-state index contributed by atoms with van der Waals surface area (Å²) >= 11 is 0. The van der Waals surface area contributed by atoms with Crippen LogP contribution < -0.4 is 0 Å². The minimum atomic E-state index is 0.152. The second-order valence-corrected chi connectivity index (χ2v) is 4.05. The summed E-state index contributed by atoms with van der Waals surface area (Å²) in [6, 6.07) is 8.49. The van der Waals surface area contributed by atoms with Crippen molar-refractivity contribution < 1.29 is 5.11 Å². The summed E-state index contributed by atoms with van der Waals surface area (Å²) in [4.78, 5) is 0. The lowest BCUT2D eigenvalue weighted by Crippen LogP contribution is -1.88. The molecule has 1 aromatic carbocycles. The fourth-order valence-electron chi connectivity index (χ4n) is 1.72. The fraction of sp³-hybridized carbons (Fsp3) is 0.385. The molecule has 0 radical (unpaired) electrons. The summed E-state index contributed by atoms with van der Waals surface area (Å²) in [7, 11) is 0. The van der Waals surface area contributed by atoms with Crippen molar-refractivity contribution in [1.29, 1.82) is 0 Å². The van der Waals surface area contributed by atoms with Crippen molar-refractivity contribution in [2.45, 2.75) is 25.7 Å². The van der Waals surface area contributed by atoms with Crippen molar-refractivity contribution in [3.8, 4) is 0 Å². The SMILES string of the molecule is CC(=Cc1ccccc1C1CC1)CO. The average Bonchev–Trinajstić information content (AvgIpc) is 3.02. The second kappa shape index (κ2) is 3.97. The van der Waals surface area contributed by atoms with Gasteiger partial charge < -0.3 is 5.11 Å². The predicted molar refractivity (Wildman–Crippen MR) is 59.2 cm³/mol. The molecule has 0 amide bonds. The first-order valence-electron chi connectivity index (χ1n) is 5.18. The molecule has 1 N–H and O–H groups in total. The topological polar surface area (TPSA) is 20.2 Å². The Balaban J connectivity index is 2.31. The van der Waals surface area contributed by atoms with E-state index in [0.29, 0.717) is 0 Å². The number of hydrogen-bond acceptors (Lipinski definition) is 1. The molecule has 0 unspecified atom stereocenters. The van der Waals surface area contributed by atoms with Crippen LogP contribution >= 0.6 is 0 Å². The van der Waals surface area contributed by atoms with E-state index in [1.54, 1.807) is 0 Å². The van der Waals surface area contributed by atoms with E-state index in [1.165, 1.54) is 24.0 Å². The number of hydrogen-bond donors (Lipinski definition) is 1. The van der Waals surface area contributed by atoms with E-state index in [-0.39, 0.29) is 6.61 Å². The lowest BCUT2D eigenvalue weighted by Gasteiger charge is -2.04. The molecule has 0 spiro atoms. The highest BCUT2D eigenvalue weighted by Crippen LogP contribution is 2.41. The molecule has 74 valence electrons. The fourth-order valence-corrected chi connectivity index (χ4v) is 1.72. The number of aliphatic hydroxyl groups is 1. The summed E-state index contributed by atoms with van der Waals surface area (Å²) < 4.78 is 0. The van der Waals surface area contributed by atoms with Gasteiger partial charge in [0.1, 0.15) is 0 Å². The molecule has 0 bridgehead atoms. The third kappa shape index (κ3) is 2.05. The molecular formula is C13H16O. The van der Waals surface area contributed by atoms with E-state index in [2.05, 4.69) is 30.3 Å². The first-order chi connectivity index (χ1) is 6.81. The van der Waals surface area contributed by atoms with E-state index in [0.717, 1.165) is 11.5 Å². The van der Waals surface area contributed by atoms with Crippen molar-refractivity contribution >= 4 is 6.08 Å². The highest BCUT2D eigenvalue weighted by Gasteiger charge is 2.24.